The number of hydrogen-bond acceptors (Lipinski definition) is 6. The topological polar surface area (TPSA) is 99.2 Å². The number of piperazine rings is 1. The number of aromatic nitrogens is 4. The van der Waals surface area contributed by atoms with Crippen molar-refractivity contribution in [1.82, 2.24) is 30.0 Å². The highest BCUT2D eigenvalue weighted by Crippen LogP contribution is 2.30. The van der Waals surface area contributed by atoms with Gasteiger partial charge >= 0.3 is 0 Å². The number of nitrogens with one attached hydrogen (secondary N) is 2. The lowest BCUT2D eigenvalue weighted by Crippen LogP contribution is -2.49. The molecular weight excluding hydrogens is 514 g/mol. The summed E-state index contributed by atoms with van der Waals surface area (Å²) in [5.41, 5.74) is 5.66. The minimum atomic E-state index is -0.240. The Labute approximate surface area is 241 Å². The Bertz CT molecular complexity index is 1590. The van der Waals surface area contributed by atoms with Gasteiger partial charge in [0.05, 0.1) is 17.3 Å². The smallest absolute Gasteiger partial charge is 0.253 e. The van der Waals surface area contributed by atoms with Crippen LogP contribution < -0.4 is 15.8 Å². The van der Waals surface area contributed by atoms with Gasteiger partial charge in [-0.2, -0.15) is 5.10 Å². The maximum Gasteiger partial charge on any atom is 0.253 e. The van der Waals surface area contributed by atoms with E-state index in [1.165, 1.54) is 0 Å². The Hall–Kier alpha value is -3.98. The second kappa shape index (κ2) is 11.9. The molecule has 1 aromatic carbocycles. The number of hydrogen-bond donors (Lipinski definition) is 2. The molecule has 0 radical (unpaired) electrons. The van der Waals surface area contributed by atoms with Crippen molar-refractivity contribution in [1.29, 1.82) is 0 Å². The van der Waals surface area contributed by atoms with Gasteiger partial charge < -0.3 is 15.2 Å². The zero-order valence-electron chi connectivity index (χ0n) is 25.0. The van der Waals surface area contributed by atoms with Crippen LogP contribution >= 0.6 is 0 Å². The van der Waals surface area contributed by atoms with E-state index in [0.717, 1.165) is 71.6 Å². The predicted molar refractivity (Wildman–Crippen MR) is 165 cm³/mol. The van der Waals surface area contributed by atoms with Gasteiger partial charge in [0, 0.05) is 73.7 Å². The van der Waals surface area contributed by atoms with Crippen LogP contribution in [0, 0.1) is 6.92 Å². The molecule has 216 valence electrons. The molecule has 1 amide bonds. The normalized spacial score (nSPS) is 14.4. The second-order valence-corrected chi connectivity index (χ2v) is 11.5. The average molecular weight is 556 g/mol. The third-order valence-electron chi connectivity index (χ3n) is 8.21. The lowest BCUT2D eigenvalue weighted by Gasteiger charge is -2.37. The van der Waals surface area contributed by atoms with E-state index in [9.17, 15) is 9.59 Å². The van der Waals surface area contributed by atoms with E-state index >= 15 is 0 Å². The largest absolute Gasteiger partial charge is 0.354 e. The molecule has 3 aromatic heterocycles. The van der Waals surface area contributed by atoms with Gasteiger partial charge in [-0.05, 0) is 82.0 Å². The molecule has 1 saturated heterocycles. The van der Waals surface area contributed by atoms with E-state index in [1.807, 2.05) is 30.8 Å². The van der Waals surface area contributed by atoms with Crippen molar-refractivity contribution < 1.29 is 4.79 Å². The molecule has 1 aliphatic rings. The number of pyridine rings is 2. The summed E-state index contributed by atoms with van der Waals surface area (Å²) in [5, 5.41) is 8.38. The number of carbonyl (C=O) groups is 1. The van der Waals surface area contributed by atoms with Crippen molar-refractivity contribution >= 4 is 22.6 Å². The van der Waals surface area contributed by atoms with Crippen LogP contribution in [-0.4, -0.2) is 62.8 Å². The number of amides is 1. The van der Waals surface area contributed by atoms with Crippen LogP contribution in [0.4, 0.5) is 5.82 Å². The van der Waals surface area contributed by atoms with Crippen molar-refractivity contribution in [3.8, 4) is 11.1 Å². The van der Waals surface area contributed by atoms with Crippen LogP contribution in [-0.2, 0) is 13.0 Å². The maximum atomic E-state index is 13.6. The van der Waals surface area contributed by atoms with Gasteiger partial charge in [-0.3, -0.25) is 19.2 Å². The molecule has 0 aliphatic carbocycles. The van der Waals surface area contributed by atoms with Gasteiger partial charge in [-0.25, -0.2) is 4.98 Å². The summed E-state index contributed by atoms with van der Waals surface area (Å²) in [4.78, 5) is 38.6. The number of aromatic amines is 1. The predicted octanol–water partition coefficient (Wildman–Crippen LogP) is 4.70. The second-order valence-electron chi connectivity index (χ2n) is 11.5. The molecule has 0 atom stereocenters. The minimum absolute atomic E-state index is 0.127. The molecule has 0 bridgehead atoms. The number of anilines is 1. The van der Waals surface area contributed by atoms with Crippen molar-refractivity contribution in [2.45, 2.75) is 66.6 Å². The lowest BCUT2D eigenvalue weighted by molar-refractivity contribution is 0.0952. The van der Waals surface area contributed by atoms with E-state index < -0.39 is 0 Å². The molecule has 5 rings (SSSR count). The highest BCUT2D eigenvalue weighted by Gasteiger charge is 2.21. The van der Waals surface area contributed by atoms with Crippen LogP contribution in [0.3, 0.4) is 0 Å². The highest BCUT2D eigenvalue weighted by molar-refractivity contribution is 6.08. The number of rotatable bonds is 8. The Morgan fingerprint density at radius 3 is 2.39 bits per heavy atom. The quantitative estimate of drug-likeness (QED) is 0.327. The molecule has 9 nitrogen and oxygen atoms in total. The molecule has 41 heavy (non-hydrogen) atoms. The van der Waals surface area contributed by atoms with E-state index in [1.54, 1.807) is 12.4 Å². The average Bonchev–Trinajstić information content (AvgIpc) is 3.41. The number of H-pyrrole nitrogens is 1. The highest BCUT2D eigenvalue weighted by atomic mass is 16.1. The van der Waals surface area contributed by atoms with Crippen LogP contribution in [0.25, 0.3) is 22.0 Å². The Kier molecular flexibility index (Phi) is 8.26. The zero-order chi connectivity index (χ0) is 29.3. The van der Waals surface area contributed by atoms with Crippen molar-refractivity contribution in [2.75, 3.05) is 31.1 Å². The zero-order valence-corrected chi connectivity index (χ0v) is 25.0. The van der Waals surface area contributed by atoms with Crippen molar-refractivity contribution in [2.24, 2.45) is 0 Å². The first kappa shape index (κ1) is 28.5. The standard InChI is InChI=1S/C32H41N7O2/c1-7-25-22(6)16-34-32(41)28(25)18-35-31(40)26-14-24(15-29-27(26)19-36-39(29)21(4)5)23-8-9-30(33-17-23)38-12-10-37(11-13-38)20(2)3/h8-9,14-17,19-21H,7,10-13,18H2,1-6H3,(H,34,41)(H,35,40). The minimum Gasteiger partial charge on any atom is -0.354 e. The van der Waals surface area contributed by atoms with Crippen LogP contribution in [0.5, 0.6) is 0 Å². The number of fused-ring (bicyclic) bond motifs is 1. The van der Waals surface area contributed by atoms with E-state index in [4.69, 9.17) is 4.98 Å². The molecule has 4 heterocycles. The summed E-state index contributed by atoms with van der Waals surface area (Å²) in [7, 11) is 0. The Morgan fingerprint density at radius 2 is 1.76 bits per heavy atom. The number of benzene rings is 1. The van der Waals surface area contributed by atoms with Crippen molar-refractivity contribution in [3.05, 3.63) is 75.5 Å². The summed E-state index contributed by atoms with van der Waals surface area (Å²) in [6.07, 6.45) is 6.09. The lowest BCUT2D eigenvalue weighted by atomic mass is 10.00. The first-order valence-electron chi connectivity index (χ1n) is 14.6. The maximum absolute atomic E-state index is 13.6. The fourth-order valence-electron chi connectivity index (χ4n) is 5.79. The number of nitrogens with zero attached hydrogens (tertiary/aromatic N) is 5. The van der Waals surface area contributed by atoms with E-state index in [2.05, 4.69) is 71.1 Å². The van der Waals surface area contributed by atoms with Crippen LogP contribution in [0.2, 0.25) is 0 Å². The van der Waals surface area contributed by atoms with Crippen LogP contribution in [0.1, 0.15) is 67.7 Å². The van der Waals surface area contributed by atoms with Gasteiger partial charge in [0.25, 0.3) is 11.5 Å². The molecular formula is C32H41N7O2. The third-order valence-corrected chi connectivity index (χ3v) is 8.21. The molecule has 1 fully saturated rings. The van der Waals surface area contributed by atoms with Gasteiger partial charge in [0.1, 0.15) is 5.82 Å². The van der Waals surface area contributed by atoms with Gasteiger partial charge in [-0.1, -0.05) is 6.92 Å². The summed E-state index contributed by atoms with van der Waals surface area (Å²) in [5.74, 6) is 0.731. The summed E-state index contributed by atoms with van der Waals surface area (Å²) < 4.78 is 1.94. The first-order chi connectivity index (χ1) is 19.7. The van der Waals surface area contributed by atoms with Crippen LogP contribution in [0.15, 0.2) is 47.7 Å². The summed E-state index contributed by atoms with van der Waals surface area (Å²) >= 11 is 0. The molecule has 0 saturated carbocycles. The van der Waals surface area contributed by atoms with Gasteiger partial charge in [0.2, 0.25) is 0 Å². The van der Waals surface area contributed by atoms with E-state index in [-0.39, 0.29) is 24.1 Å². The van der Waals surface area contributed by atoms with Gasteiger partial charge in [-0.15, -0.1) is 0 Å². The number of aryl methyl sites for hydroxylation is 1. The third kappa shape index (κ3) is 5.77. The Morgan fingerprint density at radius 1 is 1.00 bits per heavy atom. The monoisotopic (exact) mass is 555 g/mol. The number of carbonyl (C=O) groups excluding carboxylic acids is 1. The molecule has 0 spiro atoms. The molecule has 0 unspecified atom stereocenters. The SMILES string of the molecule is CCc1c(C)c[nH]c(=O)c1CNC(=O)c1cc(-c2ccc(N3CCN(C(C)C)CC3)nc2)cc2c1cnn2C(C)C. The van der Waals surface area contributed by atoms with E-state index in [0.29, 0.717) is 17.2 Å². The fraction of sp³-hybridized carbons (Fsp3) is 0.438. The molecule has 9 heteroatoms. The first-order valence-corrected chi connectivity index (χ1v) is 14.6. The molecule has 4 aromatic rings. The Balaban J connectivity index is 1.45. The summed E-state index contributed by atoms with van der Waals surface area (Å²) in [6.45, 7) is 16.7. The van der Waals surface area contributed by atoms with Crippen molar-refractivity contribution in [3.63, 3.8) is 0 Å². The van der Waals surface area contributed by atoms with Gasteiger partial charge in [0.15, 0.2) is 0 Å². The fourth-order valence-corrected chi connectivity index (χ4v) is 5.79. The molecule has 2 N–H and O–H groups in total. The molecule has 1 aliphatic heterocycles. The summed E-state index contributed by atoms with van der Waals surface area (Å²) in [6, 6.07) is 8.82.